The standard InChI is InChI=1S/C23H25N5O2/c1-27-21(29)15-20(18-9-11-24-12-10-18)26-23(27)25-19-8-5-13-28(16-19)22(30)14-17-6-3-2-4-7-17/h2-4,6-7,9-12,15,19H,5,8,13-14,16H2,1H3,(H,25,26). The van der Waals surface area contributed by atoms with Gasteiger partial charge in [0.05, 0.1) is 12.1 Å². The van der Waals surface area contributed by atoms with Crippen LogP contribution in [0, 0.1) is 0 Å². The molecule has 0 aliphatic carbocycles. The number of nitrogens with zero attached hydrogens (tertiary/aromatic N) is 4. The highest BCUT2D eigenvalue weighted by molar-refractivity contribution is 5.79. The van der Waals surface area contributed by atoms with Gasteiger partial charge in [-0.15, -0.1) is 0 Å². The van der Waals surface area contributed by atoms with E-state index in [0.717, 1.165) is 30.5 Å². The van der Waals surface area contributed by atoms with Gasteiger partial charge >= 0.3 is 0 Å². The predicted molar refractivity (Wildman–Crippen MR) is 116 cm³/mol. The number of benzene rings is 1. The van der Waals surface area contributed by atoms with Crippen molar-refractivity contribution in [2.75, 3.05) is 18.4 Å². The average Bonchev–Trinajstić information content (AvgIpc) is 2.78. The van der Waals surface area contributed by atoms with Gasteiger partial charge in [-0.25, -0.2) is 4.98 Å². The van der Waals surface area contributed by atoms with Gasteiger partial charge < -0.3 is 10.2 Å². The van der Waals surface area contributed by atoms with E-state index in [0.29, 0.717) is 24.6 Å². The van der Waals surface area contributed by atoms with E-state index in [2.05, 4.69) is 15.3 Å². The van der Waals surface area contributed by atoms with E-state index < -0.39 is 0 Å². The fourth-order valence-electron chi connectivity index (χ4n) is 3.73. The van der Waals surface area contributed by atoms with Crippen molar-refractivity contribution < 1.29 is 4.79 Å². The summed E-state index contributed by atoms with van der Waals surface area (Å²) < 4.78 is 1.51. The summed E-state index contributed by atoms with van der Waals surface area (Å²) in [5, 5.41) is 3.39. The maximum absolute atomic E-state index is 12.7. The predicted octanol–water partition coefficient (Wildman–Crippen LogP) is 2.49. The normalized spacial score (nSPS) is 16.3. The summed E-state index contributed by atoms with van der Waals surface area (Å²) in [6.45, 7) is 1.36. The SMILES string of the molecule is Cn1c(NC2CCCN(C(=O)Cc3ccccc3)C2)nc(-c2ccncc2)cc1=O. The van der Waals surface area contributed by atoms with Gasteiger partial charge in [-0.2, -0.15) is 0 Å². The first-order valence-corrected chi connectivity index (χ1v) is 10.2. The Morgan fingerprint density at radius 1 is 1.17 bits per heavy atom. The van der Waals surface area contributed by atoms with Crippen LogP contribution in [0.25, 0.3) is 11.3 Å². The Labute approximate surface area is 175 Å². The molecule has 7 heteroatoms. The van der Waals surface area contributed by atoms with E-state index in [-0.39, 0.29) is 17.5 Å². The molecule has 1 aromatic carbocycles. The third-order valence-corrected chi connectivity index (χ3v) is 5.42. The Hall–Kier alpha value is -3.48. The molecule has 1 fully saturated rings. The third kappa shape index (κ3) is 4.56. The number of hydrogen-bond acceptors (Lipinski definition) is 5. The Kier molecular flexibility index (Phi) is 5.88. The largest absolute Gasteiger partial charge is 0.351 e. The summed E-state index contributed by atoms with van der Waals surface area (Å²) in [7, 11) is 1.70. The number of amides is 1. The lowest BCUT2D eigenvalue weighted by Crippen LogP contribution is -2.46. The zero-order valence-corrected chi connectivity index (χ0v) is 17.0. The third-order valence-electron chi connectivity index (χ3n) is 5.42. The number of nitrogens with one attached hydrogen (secondary N) is 1. The number of hydrogen-bond donors (Lipinski definition) is 1. The molecule has 1 aliphatic rings. The van der Waals surface area contributed by atoms with Crippen LogP contribution >= 0.6 is 0 Å². The average molecular weight is 403 g/mol. The molecule has 3 aromatic rings. The number of piperidine rings is 1. The van der Waals surface area contributed by atoms with Crippen LogP contribution in [0.5, 0.6) is 0 Å². The van der Waals surface area contributed by atoms with Crippen LogP contribution in [0.15, 0.2) is 65.7 Å². The van der Waals surface area contributed by atoms with Crippen LogP contribution in [-0.2, 0) is 18.3 Å². The molecule has 1 amide bonds. The lowest BCUT2D eigenvalue weighted by atomic mass is 10.0. The lowest BCUT2D eigenvalue weighted by molar-refractivity contribution is -0.131. The van der Waals surface area contributed by atoms with Crippen molar-refractivity contribution in [3.8, 4) is 11.3 Å². The molecule has 2 aromatic heterocycles. The summed E-state index contributed by atoms with van der Waals surface area (Å²) in [4.78, 5) is 35.8. The molecule has 0 radical (unpaired) electrons. The van der Waals surface area contributed by atoms with Gasteiger partial charge in [0.15, 0.2) is 0 Å². The molecule has 1 saturated heterocycles. The van der Waals surface area contributed by atoms with Crippen molar-refractivity contribution >= 4 is 11.9 Å². The summed E-state index contributed by atoms with van der Waals surface area (Å²) in [5.74, 6) is 0.636. The second-order valence-corrected chi connectivity index (χ2v) is 7.58. The van der Waals surface area contributed by atoms with Gasteiger partial charge in [0.1, 0.15) is 0 Å². The Bertz CT molecular complexity index is 1070. The highest BCUT2D eigenvalue weighted by Gasteiger charge is 2.24. The molecular formula is C23H25N5O2. The summed E-state index contributed by atoms with van der Waals surface area (Å²) >= 11 is 0. The molecule has 4 rings (SSSR count). The number of anilines is 1. The number of rotatable bonds is 5. The molecule has 1 aliphatic heterocycles. The number of pyridine rings is 1. The first kappa shape index (κ1) is 19.8. The van der Waals surface area contributed by atoms with E-state index >= 15 is 0 Å². The van der Waals surface area contributed by atoms with Crippen molar-refractivity contribution in [2.45, 2.75) is 25.3 Å². The smallest absolute Gasteiger partial charge is 0.255 e. The minimum absolute atomic E-state index is 0.0456. The van der Waals surface area contributed by atoms with Crippen molar-refractivity contribution in [1.82, 2.24) is 19.4 Å². The van der Waals surface area contributed by atoms with Crippen molar-refractivity contribution in [1.29, 1.82) is 0 Å². The van der Waals surface area contributed by atoms with E-state index in [9.17, 15) is 9.59 Å². The maximum atomic E-state index is 12.7. The number of aromatic nitrogens is 3. The van der Waals surface area contributed by atoms with Crippen molar-refractivity contribution in [3.63, 3.8) is 0 Å². The number of carbonyl (C=O) groups excluding carboxylic acids is 1. The van der Waals surface area contributed by atoms with Crippen LogP contribution in [0.3, 0.4) is 0 Å². The Balaban J connectivity index is 1.48. The van der Waals surface area contributed by atoms with Crippen molar-refractivity contribution in [2.24, 2.45) is 7.05 Å². The fourth-order valence-corrected chi connectivity index (χ4v) is 3.73. The first-order valence-electron chi connectivity index (χ1n) is 10.2. The maximum Gasteiger partial charge on any atom is 0.255 e. The van der Waals surface area contributed by atoms with Crippen LogP contribution in [0.4, 0.5) is 5.95 Å². The van der Waals surface area contributed by atoms with Crippen LogP contribution in [-0.4, -0.2) is 44.5 Å². The fraction of sp³-hybridized carbons (Fsp3) is 0.304. The van der Waals surface area contributed by atoms with Crippen LogP contribution < -0.4 is 10.9 Å². The zero-order chi connectivity index (χ0) is 20.9. The van der Waals surface area contributed by atoms with E-state index in [4.69, 9.17) is 0 Å². The number of carbonyl (C=O) groups is 1. The van der Waals surface area contributed by atoms with Crippen LogP contribution in [0.1, 0.15) is 18.4 Å². The minimum atomic E-state index is -0.132. The Morgan fingerprint density at radius 2 is 1.93 bits per heavy atom. The van der Waals surface area contributed by atoms with Gasteiger partial charge in [0.25, 0.3) is 5.56 Å². The topological polar surface area (TPSA) is 80.1 Å². The lowest BCUT2D eigenvalue weighted by Gasteiger charge is -2.33. The second-order valence-electron chi connectivity index (χ2n) is 7.58. The second kappa shape index (κ2) is 8.90. The highest BCUT2D eigenvalue weighted by atomic mass is 16.2. The molecule has 30 heavy (non-hydrogen) atoms. The monoisotopic (exact) mass is 403 g/mol. The van der Waals surface area contributed by atoms with E-state index in [1.807, 2.05) is 47.4 Å². The molecule has 1 unspecified atom stereocenters. The van der Waals surface area contributed by atoms with Crippen LogP contribution in [0.2, 0.25) is 0 Å². The minimum Gasteiger partial charge on any atom is -0.351 e. The number of likely N-dealkylation sites (tertiary alicyclic amines) is 1. The van der Waals surface area contributed by atoms with Gasteiger partial charge in [0.2, 0.25) is 11.9 Å². The molecule has 7 nitrogen and oxygen atoms in total. The molecular weight excluding hydrogens is 378 g/mol. The van der Waals surface area contributed by atoms with Gasteiger partial charge in [0, 0.05) is 50.2 Å². The first-order chi connectivity index (χ1) is 14.6. The van der Waals surface area contributed by atoms with Gasteiger partial charge in [-0.1, -0.05) is 30.3 Å². The van der Waals surface area contributed by atoms with Crippen molar-refractivity contribution in [3.05, 3.63) is 76.8 Å². The highest BCUT2D eigenvalue weighted by Crippen LogP contribution is 2.19. The van der Waals surface area contributed by atoms with E-state index in [1.54, 1.807) is 19.4 Å². The van der Waals surface area contributed by atoms with E-state index in [1.165, 1.54) is 10.6 Å². The molecule has 0 spiro atoms. The quantitative estimate of drug-likeness (QED) is 0.708. The summed E-state index contributed by atoms with van der Waals surface area (Å²) in [5.41, 5.74) is 2.34. The summed E-state index contributed by atoms with van der Waals surface area (Å²) in [6.07, 6.45) is 5.60. The molecule has 3 heterocycles. The summed E-state index contributed by atoms with van der Waals surface area (Å²) in [6, 6.07) is 15.0. The van der Waals surface area contributed by atoms with Gasteiger partial charge in [-0.3, -0.25) is 19.1 Å². The molecule has 0 bridgehead atoms. The molecule has 154 valence electrons. The molecule has 1 N–H and O–H groups in total. The zero-order valence-electron chi connectivity index (χ0n) is 17.0. The molecule has 0 saturated carbocycles. The van der Waals surface area contributed by atoms with Gasteiger partial charge in [-0.05, 0) is 30.5 Å². The Morgan fingerprint density at radius 3 is 2.70 bits per heavy atom. The molecule has 1 atom stereocenters.